The molecule has 20 N–H and O–H groups in total. The number of unbranched alkanes of at least 4 members (excludes halogenated alkanes) is 2. The average Bonchev–Trinajstić information content (AvgIpc) is 1.68. The average molecular weight is 1940 g/mol. The fraction of sp³-hybridized carbons (Fsp3) is 0.545. The summed E-state index contributed by atoms with van der Waals surface area (Å²) in [6.45, 7) is 8.14. The zero-order valence-corrected chi connectivity index (χ0v) is 79.0. The van der Waals surface area contributed by atoms with Crippen molar-refractivity contribution in [2.75, 3.05) is 72.4 Å². The van der Waals surface area contributed by atoms with E-state index in [-0.39, 0.29) is 116 Å². The van der Waals surface area contributed by atoms with Crippen molar-refractivity contribution < 1.29 is 81.1 Å². The summed E-state index contributed by atoms with van der Waals surface area (Å²) in [6, 6.07) is 13.2. The van der Waals surface area contributed by atoms with Gasteiger partial charge in [0.1, 0.15) is 53.6 Å². The smallest absolute Gasteiger partial charge is 0.243 e. The van der Waals surface area contributed by atoms with Crippen molar-refractivity contribution in [1.29, 1.82) is 0 Å². The first-order chi connectivity index (χ1) is 61.9. The van der Waals surface area contributed by atoms with Crippen LogP contribution in [0.4, 0.5) is 4.39 Å². The highest BCUT2D eigenvalue weighted by Crippen LogP contribution is 2.31. The minimum Gasteiger partial charge on any atom is -0.370 e. The highest BCUT2D eigenvalue weighted by Gasteiger charge is 2.44. The molecule has 8 rings (SSSR count). The molecule has 12 amide bonds. The van der Waals surface area contributed by atoms with Gasteiger partial charge in [0, 0.05) is 127 Å². The number of amides is 12. The Morgan fingerprint density at radius 3 is 1.22 bits per heavy atom. The lowest BCUT2D eigenvalue weighted by atomic mass is 9.91. The SMILES string of the molecule is CC(C)[C@@H]1NC(=O)[C@H](Cc2ccc(F)cc2)NC(=O)[C@H](Cc2ccc(Cl)cc2)CC(=O)CCCSC[C@@H](C(=O)N2CSC[C@H]2C(=O)NCCCCN=C(N)N)CC(=O)[C@H](CC(N)=O)NC1=O.CC(C)[C@@H]1NC(=O)[C@H](Cc2cccs2)NC(=O)[C@H](Cc2ccc(Cl)cc2)CC(=O)CCCSC[C@@H](C(=O)N2CSC[C@H]2C(=O)NCCCCN=C(N)N)CC(=O)[C@H](CC(N)=O)NC1=O. The van der Waals surface area contributed by atoms with Crippen molar-refractivity contribution in [3.05, 3.63) is 128 Å². The van der Waals surface area contributed by atoms with Gasteiger partial charge >= 0.3 is 0 Å². The number of thioether (sulfide) groups is 4. The Kier molecular flexibility index (Phi) is 45.7. The molecule has 4 aromatic rings. The lowest BCUT2D eigenvalue weighted by molar-refractivity contribution is -0.142. The van der Waals surface area contributed by atoms with Gasteiger partial charge in [-0.05, 0) is 139 Å². The van der Waals surface area contributed by atoms with Crippen LogP contribution in [0.5, 0.6) is 0 Å². The Morgan fingerprint density at radius 1 is 0.462 bits per heavy atom. The molecule has 0 aliphatic carbocycles. The predicted molar refractivity (Wildman–Crippen MR) is 505 cm³/mol. The van der Waals surface area contributed by atoms with E-state index < -0.39 is 180 Å². The van der Waals surface area contributed by atoms with Crippen LogP contribution in [0.3, 0.4) is 0 Å². The summed E-state index contributed by atoms with van der Waals surface area (Å²) >= 11 is 19.1. The molecule has 42 heteroatoms. The van der Waals surface area contributed by atoms with Gasteiger partial charge in [0.15, 0.2) is 23.5 Å². The molecule has 0 radical (unpaired) electrons. The third-order valence-corrected chi connectivity index (χ3v) is 27.7. The van der Waals surface area contributed by atoms with Crippen LogP contribution in [0.1, 0.15) is 139 Å². The van der Waals surface area contributed by atoms with Crippen LogP contribution >= 0.6 is 81.6 Å². The topological polar surface area (TPSA) is 557 Å². The fourth-order valence-electron chi connectivity index (χ4n) is 14.7. The molecule has 0 saturated carbocycles. The fourth-order valence-corrected chi connectivity index (χ4v) is 20.2. The number of primary amides is 2. The van der Waals surface area contributed by atoms with E-state index in [0.717, 1.165) is 16.0 Å². The minimum atomic E-state index is -1.48. The molecule has 130 heavy (non-hydrogen) atoms. The summed E-state index contributed by atoms with van der Waals surface area (Å²) < 4.78 is 13.9. The molecule has 12 atom stereocenters. The molecule has 0 unspecified atom stereocenters. The van der Waals surface area contributed by atoms with E-state index in [2.05, 4.69) is 52.5 Å². The third kappa shape index (κ3) is 37.1. The molecular formula is C88H121Cl2FN18O16S5. The maximum absolute atomic E-state index is 14.4. The first-order valence-corrected chi connectivity index (χ1v) is 49.5. The number of hydrogen-bond donors (Lipinski definition) is 14. The largest absolute Gasteiger partial charge is 0.370 e. The van der Waals surface area contributed by atoms with Crippen molar-refractivity contribution >= 4 is 188 Å². The number of Topliss-reactive ketones (excluding diaryl/α,β-unsaturated/α-hetero) is 4. The van der Waals surface area contributed by atoms with Gasteiger partial charge in [0.25, 0.3) is 0 Å². The lowest BCUT2D eigenvalue weighted by Crippen LogP contribution is -2.58. The first kappa shape index (κ1) is 107. The van der Waals surface area contributed by atoms with Gasteiger partial charge < -0.3 is 86.7 Å². The number of rotatable bonds is 28. The van der Waals surface area contributed by atoms with Crippen LogP contribution in [-0.2, 0) is 102 Å². The molecule has 5 heterocycles. The van der Waals surface area contributed by atoms with Crippen LogP contribution < -0.4 is 76.9 Å². The highest BCUT2D eigenvalue weighted by atomic mass is 35.5. The predicted octanol–water partition coefficient (Wildman–Crippen LogP) is 3.92. The number of carbonyl (C=O) groups is 16. The maximum atomic E-state index is 14.4. The Morgan fingerprint density at radius 2 is 0.846 bits per heavy atom. The second-order valence-electron chi connectivity index (χ2n) is 33.0. The molecular weight excluding hydrogens is 1820 g/mol. The molecule has 34 nitrogen and oxygen atoms in total. The van der Waals surface area contributed by atoms with Gasteiger partial charge in [-0.25, -0.2) is 4.39 Å². The number of hydrogen-bond acceptors (Lipinski definition) is 23. The van der Waals surface area contributed by atoms with E-state index in [1.807, 2.05) is 17.5 Å². The quantitative estimate of drug-likeness (QED) is 0.0218. The minimum absolute atomic E-state index is 0.0169. The number of carbonyl (C=O) groups excluding carboxylic acids is 16. The zero-order chi connectivity index (χ0) is 95.1. The van der Waals surface area contributed by atoms with Crippen LogP contribution in [0.15, 0.2) is 100 Å². The Labute approximate surface area is 787 Å². The Bertz CT molecular complexity index is 4600. The van der Waals surface area contributed by atoms with E-state index in [1.54, 1.807) is 76.2 Å². The standard InChI is InChI=1S/C45H61ClFN9O8S2.C43H60ClN9O8S3/c1-26(2)39-43(63)53-34(22-38(48)59)37(58)21-30(44(64)56-25-66-24-36(56)42(62)51-15-3-4-16-52-45(49)50)23-65-17-5-6-33(57)20-29(18-27-7-11-31(46)12-8-27)40(60)54-35(41(61)55-39)19-28-9-13-32(47)14-10-28;1-25(2)37-41(60)50-32(21-36(45)56)35(55)19-28(42(61)53-24-63-23-34(53)40(59)48-13-3-4-14-49-43(46)47)22-62-15-5-7-30(54)18-27(17-26-9-11-29(44)12-10-26)38(57)51-33(39(58)52-37)20-31-8-6-16-64-31/h7-14,26,29-30,34-36,39H,3-6,15-25H2,1-2H3,(H2,48,59)(H,51,62)(H,53,63)(H,54,60)(H,55,61)(H4,49,50,52);6,8-12,16,25,27-28,32-34,37H,3-5,7,13-15,17-24H2,1-2H3,(H2,45,56)(H,48,59)(H,50,60)(H,51,57)(H,52,58)(H4,46,47,49)/t29-,30+,34+,35+,36+,39+;27-,28+,32+,33+,34+,37+/m11/s1. The van der Waals surface area contributed by atoms with Crippen LogP contribution in [0.2, 0.25) is 10.0 Å². The number of thiophene rings is 1. The van der Waals surface area contributed by atoms with E-state index >= 15 is 0 Å². The third-order valence-electron chi connectivity index (χ3n) is 21.8. The summed E-state index contributed by atoms with van der Waals surface area (Å²) in [6.07, 6.45) is 1.52. The molecule has 4 aliphatic heterocycles. The van der Waals surface area contributed by atoms with E-state index in [0.29, 0.717) is 103 Å². The summed E-state index contributed by atoms with van der Waals surface area (Å²) in [5, 5.41) is 24.9. The number of halogens is 3. The van der Waals surface area contributed by atoms with Gasteiger partial charge in [-0.2, -0.15) is 23.5 Å². The number of nitrogens with one attached hydrogen (secondary N) is 8. The zero-order valence-electron chi connectivity index (χ0n) is 73.4. The van der Waals surface area contributed by atoms with E-state index in [1.165, 1.54) is 92.4 Å². The molecule has 4 aliphatic rings. The first-order valence-electron chi connectivity index (χ1n) is 43.2. The van der Waals surface area contributed by atoms with Gasteiger partial charge in [-0.3, -0.25) is 86.7 Å². The summed E-state index contributed by atoms with van der Waals surface area (Å²) in [5.41, 5.74) is 34.6. The number of guanidine groups is 2. The van der Waals surface area contributed by atoms with Gasteiger partial charge in [0.05, 0.1) is 48.5 Å². The monoisotopic (exact) mass is 1930 g/mol. The van der Waals surface area contributed by atoms with E-state index in [9.17, 15) is 81.1 Å². The number of nitrogens with two attached hydrogens (primary N) is 6. The maximum Gasteiger partial charge on any atom is 0.243 e. The Balaban J connectivity index is 0.000000356. The summed E-state index contributed by atoms with van der Waals surface area (Å²) in [7, 11) is 0. The summed E-state index contributed by atoms with van der Waals surface area (Å²) in [5.74, 6) is -12.5. The number of aliphatic imine (C=N–C) groups is 2. The Hall–Kier alpha value is -9.87. The van der Waals surface area contributed by atoms with Crippen molar-refractivity contribution in [3.8, 4) is 0 Å². The van der Waals surface area contributed by atoms with Crippen molar-refractivity contribution in [3.63, 3.8) is 0 Å². The van der Waals surface area contributed by atoms with Crippen molar-refractivity contribution in [2.24, 2.45) is 79.9 Å². The normalized spacial score (nSPS) is 23.2. The van der Waals surface area contributed by atoms with Gasteiger partial charge in [-0.15, -0.1) is 34.9 Å². The van der Waals surface area contributed by atoms with Gasteiger partial charge in [0.2, 0.25) is 70.9 Å². The lowest BCUT2D eigenvalue weighted by Gasteiger charge is -2.29. The van der Waals surface area contributed by atoms with Gasteiger partial charge in [-0.1, -0.05) is 93.4 Å². The second-order valence-corrected chi connectivity index (χ2v) is 39.3. The van der Waals surface area contributed by atoms with E-state index in [4.69, 9.17) is 57.6 Å². The molecule has 0 spiro atoms. The summed E-state index contributed by atoms with van der Waals surface area (Å²) in [4.78, 5) is 232. The van der Waals surface area contributed by atoms with Crippen LogP contribution in [0, 0.1) is 41.3 Å². The van der Waals surface area contributed by atoms with Crippen LogP contribution in [-0.4, -0.2) is 237 Å². The molecule has 4 fully saturated rings. The molecule has 3 aromatic carbocycles. The molecule has 710 valence electrons. The number of ketones is 4. The van der Waals surface area contributed by atoms with Crippen molar-refractivity contribution in [1.82, 2.24) is 52.3 Å². The van der Waals surface area contributed by atoms with Crippen LogP contribution in [0.25, 0.3) is 0 Å². The number of benzene rings is 3. The highest BCUT2D eigenvalue weighted by molar-refractivity contribution is 8.00. The number of nitrogens with zero attached hydrogens (tertiary/aromatic N) is 4. The molecule has 0 bridgehead atoms. The molecule has 1 aromatic heterocycles. The molecule has 4 saturated heterocycles. The second kappa shape index (κ2) is 55.5. The van der Waals surface area contributed by atoms with Crippen molar-refractivity contribution in [2.45, 2.75) is 192 Å².